The van der Waals surface area contributed by atoms with E-state index < -0.39 is 16.1 Å². The normalized spacial score (nSPS) is 17.3. The molecule has 2 rings (SSSR count). The molecule has 158 valence electrons. The summed E-state index contributed by atoms with van der Waals surface area (Å²) in [7, 11) is -3.73. The van der Waals surface area contributed by atoms with Crippen molar-refractivity contribution in [2.75, 3.05) is 36.7 Å². The van der Waals surface area contributed by atoms with Crippen LogP contribution >= 0.6 is 23.2 Å². The van der Waals surface area contributed by atoms with Crippen molar-refractivity contribution >= 4 is 44.8 Å². The van der Waals surface area contributed by atoms with Crippen molar-refractivity contribution in [2.24, 2.45) is 5.92 Å². The van der Waals surface area contributed by atoms with Crippen LogP contribution in [0.15, 0.2) is 18.2 Å². The molecule has 1 aliphatic rings. The number of amides is 1. The molecule has 1 atom stereocenters. The van der Waals surface area contributed by atoms with Crippen LogP contribution in [0.2, 0.25) is 10.0 Å². The quantitative estimate of drug-likeness (QED) is 0.617. The van der Waals surface area contributed by atoms with E-state index in [0.717, 1.165) is 42.5 Å². The number of carbonyl (C=O) groups excluding carboxylic acids is 1. The second-order valence-corrected chi connectivity index (χ2v) is 10.2. The number of hydrogen-bond donors (Lipinski definition) is 1. The Morgan fingerprint density at radius 2 is 1.96 bits per heavy atom. The van der Waals surface area contributed by atoms with Gasteiger partial charge in [-0.05, 0) is 69.9 Å². The minimum absolute atomic E-state index is 0.196. The third-order valence-electron chi connectivity index (χ3n) is 5.06. The maximum Gasteiger partial charge on any atom is 0.243 e. The number of anilines is 1. The first-order valence-corrected chi connectivity index (χ1v) is 12.1. The van der Waals surface area contributed by atoms with Crippen LogP contribution in [0.25, 0.3) is 0 Å². The lowest BCUT2D eigenvalue weighted by atomic mass is 9.99. The van der Waals surface area contributed by atoms with Crippen LogP contribution in [0, 0.1) is 5.92 Å². The van der Waals surface area contributed by atoms with Gasteiger partial charge in [-0.1, -0.05) is 30.1 Å². The summed E-state index contributed by atoms with van der Waals surface area (Å²) in [5.74, 6) is 0.422. The van der Waals surface area contributed by atoms with Gasteiger partial charge in [0.15, 0.2) is 0 Å². The lowest BCUT2D eigenvalue weighted by molar-refractivity contribution is -0.121. The summed E-state index contributed by atoms with van der Waals surface area (Å²) in [5.41, 5.74) is 0.196. The SMILES string of the molecule is CC1CCN(CCCNC(=O)C(C)N(c2cc(Cl)ccc2Cl)S(C)(=O)=O)CC1. The van der Waals surface area contributed by atoms with E-state index in [9.17, 15) is 13.2 Å². The first kappa shape index (κ1) is 23.3. The molecule has 0 bridgehead atoms. The topological polar surface area (TPSA) is 69.7 Å². The predicted molar refractivity (Wildman–Crippen MR) is 116 cm³/mol. The summed E-state index contributed by atoms with van der Waals surface area (Å²) < 4.78 is 25.7. The number of nitrogens with one attached hydrogen (secondary N) is 1. The largest absolute Gasteiger partial charge is 0.354 e. The van der Waals surface area contributed by atoms with E-state index in [1.54, 1.807) is 13.0 Å². The maximum absolute atomic E-state index is 12.6. The second-order valence-electron chi connectivity index (χ2n) is 7.50. The van der Waals surface area contributed by atoms with Gasteiger partial charge < -0.3 is 10.2 Å². The predicted octanol–water partition coefficient (Wildman–Crippen LogP) is 3.39. The van der Waals surface area contributed by atoms with Crippen molar-refractivity contribution in [3.8, 4) is 0 Å². The number of benzene rings is 1. The lowest BCUT2D eigenvalue weighted by Crippen LogP contribution is -2.48. The summed E-state index contributed by atoms with van der Waals surface area (Å²) in [6.45, 7) is 7.44. The number of likely N-dealkylation sites (tertiary alicyclic amines) is 1. The number of halogens is 2. The molecule has 1 N–H and O–H groups in total. The molecule has 0 aliphatic carbocycles. The summed E-state index contributed by atoms with van der Waals surface area (Å²) in [6, 6.07) is 3.59. The highest BCUT2D eigenvalue weighted by Crippen LogP contribution is 2.32. The van der Waals surface area contributed by atoms with Crippen LogP contribution in [0.4, 0.5) is 5.69 Å². The zero-order chi connectivity index (χ0) is 20.9. The van der Waals surface area contributed by atoms with Gasteiger partial charge in [-0.15, -0.1) is 0 Å². The lowest BCUT2D eigenvalue weighted by Gasteiger charge is -2.30. The second kappa shape index (κ2) is 10.1. The van der Waals surface area contributed by atoms with Gasteiger partial charge in [0.25, 0.3) is 0 Å². The van der Waals surface area contributed by atoms with Gasteiger partial charge in [0.1, 0.15) is 6.04 Å². The molecule has 1 fully saturated rings. The standard InChI is InChI=1S/C19H29Cl2N3O3S/c1-14-7-11-23(12-8-14)10-4-9-22-19(25)15(2)24(28(3,26)27)18-13-16(20)5-6-17(18)21/h5-6,13-15H,4,7-12H2,1-3H3,(H,22,25). The fourth-order valence-corrected chi connectivity index (χ4v) is 4.99. The van der Waals surface area contributed by atoms with Crippen LogP contribution in [0.5, 0.6) is 0 Å². The molecule has 1 heterocycles. The first-order chi connectivity index (χ1) is 13.1. The average molecular weight is 450 g/mol. The van der Waals surface area contributed by atoms with Crippen LogP contribution < -0.4 is 9.62 Å². The number of piperidine rings is 1. The molecule has 1 aromatic carbocycles. The Balaban J connectivity index is 1.95. The Hall–Kier alpha value is -1.02. The molecule has 1 unspecified atom stereocenters. The number of hydrogen-bond acceptors (Lipinski definition) is 4. The average Bonchev–Trinajstić information content (AvgIpc) is 2.62. The number of sulfonamides is 1. The van der Waals surface area contributed by atoms with E-state index in [1.165, 1.54) is 25.0 Å². The van der Waals surface area contributed by atoms with Crippen molar-refractivity contribution in [1.82, 2.24) is 10.2 Å². The van der Waals surface area contributed by atoms with Gasteiger partial charge >= 0.3 is 0 Å². The first-order valence-electron chi connectivity index (χ1n) is 9.54. The summed E-state index contributed by atoms with van der Waals surface area (Å²) in [5, 5.41) is 3.40. The minimum atomic E-state index is -3.73. The Morgan fingerprint density at radius 3 is 2.57 bits per heavy atom. The van der Waals surface area contributed by atoms with E-state index in [1.807, 2.05) is 0 Å². The molecule has 6 nitrogen and oxygen atoms in total. The third kappa shape index (κ3) is 6.51. The van der Waals surface area contributed by atoms with Gasteiger partial charge in [-0.25, -0.2) is 8.42 Å². The van der Waals surface area contributed by atoms with Gasteiger partial charge in [-0.2, -0.15) is 0 Å². The molecular formula is C19H29Cl2N3O3S. The van der Waals surface area contributed by atoms with Gasteiger partial charge in [-0.3, -0.25) is 9.10 Å². The minimum Gasteiger partial charge on any atom is -0.354 e. The summed E-state index contributed by atoms with van der Waals surface area (Å²) in [4.78, 5) is 15.0. The van der Waals surface area contributed by atoms with Crippen molar-refractivity contribution in [2.45, 2.75) is 39.2 Å². The monoisotopic (exact) mass is 449 g/mol. The molecule has 1 amide bonds. The Morgan fingerprint density at radius 1 is 1.32 bits per heavy atom. The molecule has 1 aliphatic heterocycles. The molecule has 0 spiro atoms. The number of nitrogens with zero attached hydrogens (tertiary/aromatic N) is 2. The number of carbonyl (C=O) groups is 1. The van der Waals surface area contributed by atoms with Crippen LogP contribution in [-0.4, -0.2) is 57.7 Å². The Bertz CT molecular complexity index is 781. The van der Waals surface area contributed by atoms with E-state index in [-0.39, 0.29) is 16.6 Å². The molecule has 0 saturated carbocycles. The molecule has 28 heavy (non-hydrogen) atoms. The molecule has 1 aromatic rings. The van der Waals surface area contributed by atoms with Crippen LogP contribution in [0.3, 0.4) is 0 Å². The fraction of sp³-hybridized carbons (Fsp3) is 0.632. The van der Waals surface area contributed by atoms with E-state index in [0.29, 0.717) is 11.6 Å². The molecule has 0 radical (unpaired) electrons. The highest BCUT2D eigenvalue weighted by Gasteiger charge is 2.30. The summed E-state index contributed by atoms with van der Waals surface area (Å²) >= 11 is 12.2. The maximum atomic E-state index is 12.6. The van der Waals surface area contributed by atoms with Crippen molar-refractivity contribution < 1.29 is 13.2 Å². The highest BCUT2D eigenvalue weighted by molar-refractivity contribution is 7.92. The van der Waals surface area contributed by atoms with E-state index in [2.05, 4.69) is 17.1 Å². The smallest absolute Gasteiger partial charge is 0.243 e. The van der Waals surface area contributed by atoms with Crippen molar-refractivity contribution in [1.29, 1.82) is 0 Å². The third-order valence-corrected chi connectivity index (χ3v) is 6.84. The molecule has 0 aromatic heterocycles. The fourth-order valence-electron chi connectivity index (χ4n) is 3.38. The van der Waals surface area contributed by atoms with Gasteiger partial charge in [0.05, 0.1) is 17.0 Å². The Kier molecular flexibility index (Phi) is 8.43. The zero-order valence-corrected chi connectivity index (χ0v) is 18.9. The molecular weight excluding hydrogens is 421 g/mol. The van der Waals surface area contributed by atoms with Crippen LogP contribution in [0.1, 0.15) is 33.1 Å². The molecule has 9 heteroatoms. The summed E-state index contributed by atoms with van der Waals surface area (Å²) in [6.07, 6.45) is 4.30. The van der Waals surface area contributed by atoms with Gasteiger partial charge in [0.2, 0.25) is 15.9 Å². The Labute approximate surface area is 178 Å². The van der Waals surface area contributed by atoms with E-state index >= 15 is 0 Å². The van der Waals surface area contributed by atoms with E-state index in [4.69, 9.17) is 23.2 Å². The van der Waals surface area contributed by atoms with Gasteiger partial charge in [0, 0.05) is 11.6 Å². The van der Waals surface area contributed by atoms with Crippen molar-refractivity contribution in [3.05, 3.63) is 28.2 Å². The van der Waals surface area contributed by atoms with Crippen LogP contribution in [-0.2, 0) is 14.8 Å². The highest BCUT2D eigenvalue weighted by atomic mass is 35.5. The zero-order valence-electron chi connectivity index (χ0n) is 16.6. The molecule has 1 saturated heterocycles. The van der Waals surface area contributed by atoms with Crippen molar-refractivity contribution in [3.63, 3.8) is 0 Å². The number of rotatable bonds is 8.